The predicted octanol–water partition coefficient (Wildman–Crippen LogP) is 4.96. The molecule has 4 heteroatoms. The van der Waals surface area contributed by atoms with Crippen molar-refractivity contribution in [3.05, 3.63) is 83.0 Å². The molecule has 0 radical (unpaired) electrons. The first-order valence-corrected chi connectivity index (χ1v) is 7.26. The van der Waals surface area contributed by atoms with Crippen LogP contribution in [0.3, 0.4) is 0 Å². The van der Waals surface area contributed by atoms with Crippen LogP contribution < -0.4 is 0 Å². The summed E-state index contributed by atoms with van der Waals surface area (Å²) in [6, 6.07) is 20.5. The fraction of sp³-hybridized carbons (Fsp3) is 0. The zero-order valence-electron chi connectivity index (χ0n) is 12.1. The fourth-order valence-electron chi connectivity index (χ4n) is 2.99. The van der Waals surface area contributed by atoms with Gasteiger partial charge in [-0.3, -0.25) is 15.1 Å². The van der Waals surface area contributed by atoms with Crippen molar-refractivity contribution in [3.63, 3.8) is 0 Å². The molecule has 0 saturated carbocycles. The summed E-state index contributed by atoms with van der Waals surface area (Å²) in [6.45, 7) is 0. The topological polar surface area (TPSA) is 56.0 Å². The molecule has 4 nitrogen and oxygen atoms in total. The molecule has 0 unspecified atom stereocenters. The minimum Gasteiger partial charge on any atom is -0.258 e. The molecule has 3 aromatic carbocycles. The van der Waals surface area contributed by atoms with Crippen LogP contribution in [0.1, 0.15) is 0 Å². The maximum absolute atomic E-state index is 11.6. The maximum Gasteiger partial charge on any atom is 0.277 e. The van der Waals surface area contributed by atoms with Gasteiger partial charge in [0, 0.05) is 23.0 Å². The number of nitrogens with zero attached hydrogens (tertiary/aromatic N) is 2. The maximum atomic E-state index is 11.6. The third-order valence-electron chi connectivity index (χ3n) is 3.99. The minimum atomic E-state index is -0.330. The molecule has 0 aliphatic carbocycles. The third-order valence-corrected chi connectivity index (χ3v) is 3.99. The van der Waals surface area contributed by atoms with Crippen LogP contribution in [0.4, 0.5) is 5.69 Å². The number of hydrogen-bond acceptors (Lipinski definition) is 3. The first-order chi connectivity index (χ1) is 11.3. The molecule has 0 N–H and O–H groups in total. The van der Waals surface area contributed by atoms with Crippen LogP contribution in [0.25, 0.3) is 32.8 Å². The average molecular weight is 300 g/mol. The van der Waals surface area contributed by atoms with E-state index in [4.69, 9.17) is 0 Å². The van der Waals surface area contributed by atoms with Gasteiger partial charge in [0.25, 0.3) is 5.69 Å². The van der Waals surface area contributed by atoms with Crippen molar-refractivity contribution in [1.82, 2.24) is 4.98 Å². The van der Waals surface area contributed by atoms with E-state index >= 15 is 0 Å². The van der Waals surface area contributed by atoms with Gasteiger partial charge >= 0.3 is 0 Å². The Morgan fingerprint density at radius 3 is 2.39 bits per heavy atom. The number of aromatic nitrogens is 1. The number of nitro benzene ring substituents is 1. The van der Waals surface area contributed by atoms with E-state index < -0.39 is 0 Å². The van der Waals surface area contributed by atoms with Crippen molar-refractivity contribution in [1.29, 1.82) is 0 Å². The summed E-state index contributed by atoms with van der Waals surface area (Å²) >= 11 is 0. The SMILES string of the molecule is O=[N+]([O-])c1ccc2ncc3ccccc3c2c1-c1ccccc1. The molecule has 1 aromatic heterocycles. The highest BCUT2D eigenvalue weighted by Gasteiger charge is 2.20. The summed E-state index contributed by atoms with van der Waals surface area (Å²) in [5, 5.41) is 14.3. The first-order valence-electron chi connectivity index (χ1n) is 7.26. The number of nitro groups is 1. The van der Waals surface area contributed by atoms with Crippen LogP contribution in [0.5, 0.6) is 0 Å². The van der Waals surface area contributed by atoms with E-state index in [1.165, 1.54) is 6.07 Å². The van der Waals surface area contributed by atoms with E-state index in [0.717, 1.165) is 27.2 Å². The van der Waals surface area contributed by atoms with Gasteiger partial charge in [-0.2, -0.15) is 0 Å². The highest BCUT2D eigenvalue weighted by atomic mass is 16.6. The zero-order chi connectivity index (χ0) is 15.8. The lowest BCUT2D eigenvalue weighted by Crippen LogP contribution is -1.95. The van der Waals surface area contributed by atoms with E-state index in [1.54, 1.807) is 12.3 Å². The Bertz CT molecular complexity index is 1040. The molecule has 0 atom stereocenters. The lowest BCUT2D eigenvalue weighted by Gasteiger charge is -2.10. The van der Waals surface area contributed by atoms with Gasteiger partial charge in [0.2, 0.25) is 0 Å². The molecule has 0 saturated heterocycles. The summed E-state index contributed by atoms with van der Waals surface area (Å²) in [6.07, 6.45) is 1.80. The second-order valence-electron chi connectivity index (χ2n) is 5.32. The Kier molecular flexibility index (Phi) is 3.01. The Morgan fingerprint density at radius 1 is 0.870 bits per heavy atom. The van der Waals surface area contributed by atoms with Gasteiger partial charge in [-0.1, -0.05) is 54.6 Å². The molecular weight excluding hydrogens is 288 g/mol. The lowest BCUT2D eigenvalue weighted by atomic mass is 9.95. The quantitative estimate of drug-likeness (QED) is 0.298. The van der Waals surface area contributed by atoms with Crippen molar-refractivity contribution >= 4 is 27.4 Å². The molecule has 110 valence electrons. The summed E-state index contributed by atoms with van der Waals surface area (Å²) in [5.41, 5.74) is 2.30. The largest absolute Gasteiger partial charge is 0.277 e. The molecular formula is C19H12N2O2. The second kappa shape index (κ2) is 5.18. The predicted molar refractivity (Wildman–Crippen MR) is 91.3 cm³/mol. The van der Waals surface area contributed by atoms with E-state index in [1.807, 2.05) is 54.6 Å². The molecule has 23 heavy (non-hydrogen) atoms. The van der Waals surface area contributed by atoms with Gasteiger partial charge in [0.05, 0.1) is 16.0 Å². The van der Waals surface area contributed by atoms with Crippen LogP contribution >= 0.6 is 0 Å². The van der Waals surface area contributed by atoms with E-state index in [9.17, 15) is 10.1 Å². The van der Waals surface area contributed by atoms with Gasteiger partial charge in [0.1, 0.15) is 0 Å². The number of rotatable bonds is 2. The zero-order valence-corrected chi connectivity index (χ0v) is 12.1. The summed E-state index contributed by atoms with van der Waals surface area (Å²) in [7, 11) is 0. The number of benzene rings is 3. The van der Waals surface area contributed by atoms with Crippen molar-refractivity contribution in [2.24, 2.45) is 0 Å². The van der Waals surface area contributed by atoms with Crippen LogP contribution in [-0.2, 0) is 0 Å². The molecule has 0 aliphatic heterocycles. The molecule has 1 heterocycles. The first kappa shape index (κ1) is 13.4. The van der Waals surface area contributed by atoms with Crippen LogP contribution in [0.15, 0.2) is 72.9 Å². The van der Waals surface area contributed by atoms with Gasteiger partial charge in [-0.05, 0) is 17.0 Å². The Morgan fingerprint density at radius 2 is 1.61 bits per heavy atom. The number of fused-ring (bicyclic) bond motifs is 3. The normalized spacial score (nSPS) is 11.0. The summed E-state index contributed by atoms with van der Waals surface area (Å²) < 4.78 is 0. The van der Waals surface area contributed by atoms with Gasteiger partial charge < -0.3 is 0 Å². The van der Waals surface area contributed by atoms with Gasteiger partial charge in [-0.25, -0.2) is 0 Å². The molecule has 4 aromatic rings. The lowest BCUT2D eigenvalue weighted by molar-refractivity contribution is -0.384. The fourth-order valence-corrected chi connectivity index (χ4v) is 2.99. The minimum absolute atomic E-state index is 0.0989. The highest BCUT2D eigenvalue weighted by molar-refractivity contribution is 6.14. The number of pyridine rings is 1. The van der Waals surface area contributed by atoms with Gasteiger partial charge in [-0.15, -0.1) is 0 Å². The average Bonchev–Trinajstić information content (AvgIpc) is 2.61. The summed E-state index contributed by atoms with van der Waals surface area (Å²) in [4.78, 5) is 15.7. The number of hydrogen-bond donors (Lipinski definition) is 0. The standard InChI is InChI=1S/C19H12N2O2/c22-21(23)17-11-10-16-19(18(17)13-6-2-1-3-7-13)15-9-5-4-8-14(15)12-20-16/h1-12H. The molecule has 0 spiro atoms. The summed E-state index contributed by atoms with van der Waals surface area (Å²) in [5.74, 6) is 0. The van der Waals surface area contributed by atoms with E-state index in [2.05, 4.69) is 4.98 Å². The molecule has 0 amide bonds. The van der Waals surface area contributed by atoms with Crippen molar-refractivity contribution < 1.29 is 4.92 Å². The van der Waals surface area contributed by atoms with Crippen LogP contribution in [-0.4, -0.2) is 9.91 Å². The Balaban J connectivity index is 2.25. The van der Waals surface area contributed by atoms with Crippen molar-refractivity contribution in [3.8, 4) is 11.1 Å². The Labute approximate surface area is 132 Å². The highest BCUT2D eigenvalue weighted by Crippen LogP contribution is 2.39. The van der Waals surface area contributed by atoms with E-state index in [0.29, 0.717) is 5.56 Å². The molecule has 0 fully saturated rings. The monoisotopic (exact) mass is 300 g/mol. The Hall–Kier alpha value is -3.27. The molecule has 0 bridgehead atoms. The van der Waals surface area contributed by atoms with Crippen molar-refractivity contribution in [2.45, 2.75) is 0 Å². The smallest absolute Gasteiger partial charge is 0.258 e. The van der Waals surface area contributed by atoms with Crippen LogP contribution in [0, 0.1) is 10.1 Å². The van der Waals surface area contributed by atoms with E-state index in [-0.39, 0.29) is 10.6 Å². The van der Waals surface area contributed by atoms with Crippen molar-refractivity contribution in [2.75, 3.05) is 0 Å². The molecule has 0 aliphatic rings. The van der Waals surface area contributed by atoms with Crippen LogP contribution in [0.2, 0.25) is 0 Å². The van der Waals surface area contributed by atoms with Gasteiger partial charge in [0.15, 0.2) is 0 Å². The third kappa shape index (κ3) is 2.12. The second-order valence-corrected chi connectivity index (χ2v) is 5.32. The molecule has 4 rings (SSSR count).